The lowest BCUT2D eigenvalue weighted by Crippen LogP contribution is -2.45. The molecule has 0 bridgehead atoms. The van der Waals surface area contributed by atoms with Crippen LogP contribution in [0, 0.1) is 5.41 Å². The van der Waals surface area contributed by atoms with Crippen molar-refractivity contribution in [3.05, 3.63) is 18.0 Å². The largest absolute Gasteiger partial charge is 0.381 e. The molecule has 1 spiro atoms. The van der Waals surface area contributed by atoms with E-state index in [1.807, 2.05) is 31.4 Å². The molecule has 1 aromatic rings. The highest BCUT2D eigenvalue weighted by atomic mass is 16.5. The topological polar surface area (TPSA) is 41.5 Å². The van der Waals surface area contributed by atoms with Gasteiger partial charge < -0.3 is 9.64 Å². The molecule has 2 saturated heterocycles. The van der Waals surface area contributed by atoms with Crippen molar-refractivity contribution in [2.45, 2.75) is 32.2 Å². The average molecular weight is 290 g/mol. The van der Waals surface area contributed by atoms with Crippen molar-refractivity contribution in [3.63, 3.8) is 0 Å². The smallest absolute Gasteiger partial charge is 0.224 e. The van der Waals surface area contributed by atoms with Crippen LogP contribution in [-0.2, 0) is 11.3 Å². The van der Waals surface area contributed by atoms with E-state index < -0.39 is 0 Å². The molecule has 0 saturated carbocycles. The van der Waals surface area contributed by atoms with Gasteiger partial charge in [0.2, 0.25) is 5.95 Å². The van der Waals surface area contributed by atoms with Crippen LogP contribution in [0.4, 0.5) is 5.95 Å². The number of ether oxygens (including phenoxy) is 1. The van der Waals surface area contributed by atoms with Crippen LogP contribution in [0.3, 0.4) is 0 Å². The zero-order chi connectivity index (χ0) is 14.7. The lowest BCUT2D eigenvalue weighted by molar-refractivity contribution is -0.0291. The molecule has 2 fully saturated rings. The molecule has 0 aromatic carbocycles. The van der Waals surface area contributed by atoms with Crippen molar-refractivity contribution >= 4 is 5.95 Å². The van der Waals surface area contributed by atoms with E-state index in [-0.39, 0.29) is 0 Å². The number of rotatable bonds is 3. The summed E-state index contributed by atoms with van der Waals surface area (Å²) in [5, 5.41) is 0. The summed E-state index contributed by atoms with van der Waals surface area (Å²) >= 11 is 0. The Hall–Kier alpha value is -1.20. The van der Waals surface area contributed by atoms with Crippen molar-refractivity contribution < 1.29 is 4.74 Å². The third-order valence-electron chi connectivity index (χ3n) is 4.79. The molecule has 0 N–H and O–H groups in total. The lowest BCUT2D eigenvalue weighted by atomic mass is 9.74. The van der Waals surface area contributed by atoms with Gasteiger partial charge in [0.05, 0.1) is 0 Å². The molecule has 5 heteroatoms. The molecule has 21 heavy (non-hydrogen) atoms. The minimum Gasteiger partial charge on any atom is -0.381 e. The van der Waals surface area contributed by atoms with Crippen molar-refractivity contribution in [3.8, 4) is 0 Å². The van der Waals surface area contributed by atoms with Crippen LogP contribution in [0.5, 0.6) is 0 Å². The number of nitrogens with zero attached hydrogens (tertiary/aromatic N) is 4. The van der Waals surface area contributed by atoms with E-state index in [2.05, 4.69) is 14.9 Å². The molecule has 0 radical (unpaired) electrons. The SMILES string of the molecule is CN(C)c1ncc(CN2CCCC3(CCOCC3)C2)cn1. The minimum atomic E-state index is 0.501. The van der Waals surface area contributed by atoms with Crippen LogP contribution in [-0.4, -0.2) is 55.3 Å². The molecule has 3 rings (SSSR count). The Kier molecular flexibility index (Phi) is 4.40. The molecule has 0 unspecified atom stereocenters. The fourth-order valence-electron chi connectivity index (χ4n) is 3.58. The first-order chi connectivity index (χ1) is 10.2. The molecular weight excluding hydrogens is 264 g/mol. The van der Waals surface area contributed by atoms with Gasteiger partial charge in [-0.05, 0) is 37.6 Å². The minimum absolute atomic E-state index is 0.501. The first-order valence-corrected chi connectivity index (χ1v) is 7.95. The van der Waals surface area contributed by atoms with E-state index in [0.29, 0.717) is 5.41 Å². The maximum Gasteiger partial charge on any atom is 0.224 e. The zero-order valence-electron chi connectivity index (χ0n) is 13.2. The van der Waals surface area contributed by atoms with Gasteiger partial charge in [0, 0.05) is 58.4 Å². The van der Waals surface area contributed by atoms with Gasteiger partial charge in [0.1, 0.15) is 0 Å². The van der Waals surface area contributed by atoms with Crippen LogP contribution in [0.1, 0.15) is 31.2 Å². The van der Waals surface area contributed by atoms with Crippen LogP contribution in [0.2, 0.25) is 0 Å². The first kappa shape index (κ1) is 14.7. The summed E-state index contributed by atoms with van der Waals surface area (Å²) in [6.45, 7) is 5.24. The van der Waals surface area contributed by atoms with Gasteiger partial charge in [-0.1, -0.05) is 0 Å². The quantitative estimate of drug-likeness (QED) is 0.851. The number of aromatic nitrogens is 2. The predicted octanol–water partition coefficient (Wildman–Crippen LogP) is 1.94. The van der Waals surface area contributed by atoms with Crippen molar-refractivity contribution in [2.75, 3.05) is 45.3 Å². The maximum absolute atomic E-state index is 5.54. The molecule has 2 aliphatic heterocycles. The van der Waals surface area contributed by atoms with Crippen LogP contribution in [0.15, 0.2) is 12.4 Å². The first-order valence-electron chi connectivity index (χ1n) is 7.95. The van der Waals surface area contributed by atoms with Gasteiger partial charge in [-0.2, -0.15) is 0 Å². The number of anilines is 1. The van der Waals surface area contributed by atoms with Gasteiger partial charge in [-0.25, -0.2) is 9.97 Å². The molecule has 3 heterocycles. The number of hydrogen-bond acceptors (Lipinski definition) is 5. The fraction of sp³-hybridized carbons (Fsp3) is 0.750. The van der Waals surface area contributed by atoms with Gasteiger partial charge in [-0.3, -0.25) is 4.90 Å². The molecule has 1 aromatic heterocycles. The Bertz CT molecular complexity index is 448. The predicted molar refractivity (Wildman–Crippen MR) is 83.4 cm³/mol. The molecular formula is C16H26N4O. The Labute approximate surface area is 127 Å². The third kappa shape index (κ3) is 3.52. The van der Waals surface area contributed by atoms with Crippen LogP contribution >= 0.6 is 0 Å². The molecule has 5 nitrogen and oxygen atoms in total. The lowest BCUT2D eigenvalue weighted by Gasteiger charge is -2.45. The van der Waals surface area contributed by atoms with E-state index in [1.54, 1.807) is 0 Å². The van der Waals surface area contributed by atoms with Gasteiger partial charge in [0.25, 0.3) is 0 Å². The third-order valence-corrected chi connectivity index (χ3v) is 4.79. The van der Waals surface area contributed by atoms with Gasteiger partial charge in [-0.15, -0.1) is 0 Å². The normalized spacial score (nSPS) is 22.4. The molecule has 0 aliphatic carbocycles. The van der Waals surface area contributed by atoms with Crippen LogP contribution < -0.4 is 4.90 Å². The Morgan fingerprint density at radius 1 is 1.19 bits per heavy atom. The van der Waals surface area contributed by atoms with Crippen LogP contribution in [0.25, 0.3) is 0 Å². The fourth-order valence-corrected chi connectivity index (χ4v) is 3.58. The van der Waals surface area contributed by atoms with E-state index >= 15 is 0 Å². The monoisotopic (exact) mass is 290 g/mol. The maximum atomic E-state index is 5.54. The molecule has 2 aliphatic rings. The number of hydrogen-bond donors (Lipinski definition) is 0. The highest BCUT2D eigenvalue weighted by molar-refractivity contribution is 5.26. The number of likely N-dealkylation sites (tertiary alicyclic amines) is 1. The zero-order valence-corrected chi connectivity index (χ0v) is 13.2. The summed E-state index contributed by atoms with van der Waals surface area (Å²) in [6, 6.07) is 0. The van der Waals surface area contributed by atoms with Crippen molar-refractivity contribution in [1.29, 1.82) is 0 Å². The Morgan fingerprint density at radius 3 is 2.57 bits per heavy atom. The summed E-state index contributed by atoms with van der Waals surface area (Å²) in [5.74, 6) is 0.776. The standard InChI is InChI=1S/C16H26N4O/c1-19(2)15-17-10-14(11-18-15)12-20-7-3-4-16(13-20)5-8-21-9-6-16/h10-11H,3-9,12-13H2,1-2H3. The Morgan fingerprint density at radius 2 is 1.90 bits per heavy atom. The van der Waals surface area contributed by atoms with E-state index in [0.717, 1.165) is 25.7 Å². The second-order valence-corrected chi connectivity index (χ2v) is 6.71. The second kappa shape index (κ2) is 6.28. The highest BCUT2D eigenvalue weighted by Crippen LogP contribution is 2.39. The van der Waals surface area contributed by atoms with E-state index in [9.17, 15) is 0 Å². The molecule has 0 amide bonds. The molecule has 0 atom stereocenters. The van der Waals surface area contributed by atoms with E-state index in [4.69, 9.17) is 4.74 Å². The summed E-state index contributed by atoms with van der Waals surface area (Å²) < 4.78 is 5.54. The average Bonchev–Trinajstić information content (AvgIpc) is 2.49. The molecule has 116 valence electrons. The summed E-state index contributed by atoms with van der Waals surface area (Å²) in [6.07, 6.45) is 9.04. The van der Waals surface area contributed by atoms with Gasteiger partial charge >= 0.3 is 0 Å². The summed E-state index contributed by atoms with van der Waals surface area (Å²) in [5.41, 5.74) is 1.71. The van der Waals surface area contributed by atoms with Gasteiger partial charge in [0.15, 0.2) is 0 Å². The summed E-state index contributed by atoms with van der Waals surface area (Å²) in [4.78, 5) is 13.3. The number of piperidine rings is 1. The highest BCUT2D eigenvalue weighted by Gasteiger charge is 2.36. The Balaban J connectivity index is 1.61. The van der Waals surface area contributed by atoms with Crippen molar-refractivity contribution in [1.82, 2.24) is 14.9 Å². The van der Waals surface area contributed by atoms with E-state index in [1.165, 1.54) is 44.3 Å². The summed E-state index contributed by atoms with van der Waals surface area (Å²) in [7, 11) is 3.93. The second-order valence-electron chi connectivity index (χ2n) is 6.71. The van der Waals surface area contributed by atoms with Crippen molar-refractivity contribution in [2.24, 2.45) is 5.41 Å².